The predicted octanol–water partition coefficient (Wildman–Crippen LogP) is 1.24. The maximum atomic E-state index is 17.4. The Labute approximate surface area is 209 Å². The van der Waals surface area contributed by atoms with Crippen LogP contribution in [0.25, 0.3) is 0 Å². The maximum absolute atomic E-state index is 17.4. The van der Waals surface area contributed by atoms with Crippen molar-refractivity contribution < 1.29 is 33.7 Å². The molecule has 1 heterocycles. The number of hydrogen-bond donors (Lipinski definition) is 4. The first-order valence-electron chi connectivity index (χ1n) is 12.5. The van der Waals surface area contributed by atoms with Crippen molar-refractivity contribution in [3.63, 3.8) is 0 Å². The van der Waals surface area contributed by atoms with Crippen LogP contribution in [0.3, 0.4) is 0 Å². The zero-order valence-corrected chi connectivity index (χ0v) is 21.0. The number of Topliss-reactive ketones (excluding diaryl/α,β-unsaturated/α-hetero) is 1. The number of likely N-dealkylation sites (N-methyl/N-ethyl adjacent to an activating group) is 1. The minimum absolute atomic E-state index is 0.124. The summed E-state index contributed by atoms with van der Waals surface area (Å²) in [5.74, 6) is -3.11. The number of aliphatic hydroxyl groups is 2. The van der Waals surface area contributed by atoms with Crippen LogP contribution in [0.15, 0.2) is 23.8 Å². The summed E-state index contributed by atoms with van der Waals surface area (Å²) in [6, 6.07) is 0. The van der Waals surface area contributed by atoms with Crippen molar-refractivity contribution in [1.29, 1.82) is 5.41 Å². The minimum atomic E-state index is -2.07. The standard InChI is InChI=1S/C26H34FN3O6/c1-13-9-17-16-6-5-14-10-15(32)7-8-23(14,2)25(16,27)18(33)11-24(17,3)26(13,19(34)12-31)36-21-20(35)29-22(28)30(21)4/h7-8,10,13,16-18,21,31,33H,5-6,9,11-12H2,1-4H3,(H2,28,29,35)/t13-,16+,17+,18+,21?,23+,24+,25+,26+/m1/s1. The van der Waals surface area contributed by atoms with Gasteiger partial charge in [0.15, 0.2) is 23.2 Å². The molecule has 36 heavy (non-hydrogen) atoms. The van der Waals surface area contributed by atoms with Crippen LogP contribution in [0, 0.1) is 34.0 Å². The molecule has 9 atom stereocenters. The number of carbonyl (C=O) groups excluding carboxylic acids is 3. The number of ketones is 2. The first-order valence-corrected chi connectivity index (χ1v) is 12.5. The van der Waals surface area contributed by atoms with Crippen molar-refractivity contribution in [2.75, 3.05) is 13.7 Å². The van der Waals surface area contributed by atoms with Crippen LogP contribution in [0.4, 0.5) is 4.39 Å². The molecule has 0 aromatic rings. The number of carbonyl (C=O) groups is 3. The average Bonchev–Trinajstić information content (AvgIpc) is 3.19. The second-order valence-electron chi connectivity index (χ2n) is 11.6. The Bertz CT molecular complexity index is 1120. The smallest absolute Gasteiger partial charge is 0.277 e. The van der Waals surface area contributed by atoms with E-state index in [1.54, 1.807) is 26.8 Å². The third-order valence-electron chi connectivity index (χ3n) is 10.2. The Balaban J connectivity index is 1.62. The number of ether oxygens (including phenoxy) is 1. The fourth-order valence-electron chi connectivity index (χ4n) is 8.43. The highest BCUT2D eigenvalue weighted by Gasteiger charge is 2.76. The Hall–Kier alpha value is -2.43. The summed E-state index contributed by atoms with van der Waals surface area (Å²) in [6.07, 6.45) is 2.81. The summed E-state index contributed by atoms with van der Waals surface area (Å²) in [7, 11) is 1.50. The number of halogens is 1. The Morgan fingerprint density at radius 3 is 2.64 bits per heavy atom. The minimum Gasteiger partial charge on any atom is -0.390 e. The molecule has 0 aromatic heterocycles. The van der Waals surface area contributed by atoms with Gasteiger partial charge in [-0.3, -0.25) is 25.1 Å². The molecule has 5 aliphatic rings. The maximum Gasteiger partial charge on any atom is 0.277 e. The van der Waals surface area contributed by atoms with Crippen LogP contribution in [0.2, 0.25) is 0 Å². The van der Waals surface area contributed by atoms with Gasteiger partial charge in [0.05, 0.1) is 6.10 Å². The lowest BCUT2D eigenvalue weighted by atomic mass is 9.44. The number of amides is 1. The Morgan fingerprint density at radius 1 is 1.33 bits per heavy atom. The summed E-state index contributed by atoms with van der Waals surface area (Å²) in [4.78, 5) is 39.5. The number of nitrogens with zero attached hydrogens (tertiary/aromatic N) is 1. The molecule has 196 valence electrons. The van der Waals surface area contributed by atoms with E-state index in [1.165, 1.54) is 24.1 Å². The number of aliphatic hydroxyl groups excluding tert-OH is 2. The molecule has 5 rings (SSSR count). The molecular formula is C26H34FN3O6. The number of guanidine groups is 1. The Kier molecular flexibility index (Phi) is 5.46. The molecule has 1 unspecified atom stereocenters. The average molecular weight is 504 g/mol. The Morgan fingerprint density at radius 2 is 2.03 bits per heavy atom. The summed E-state index contributed by atoms with van der Waals surface area (Å²) in [5, 5.41) is 31.9. The van der Waals surface area contributed by atoms with Crippen molar-refractivity contribution in [1.82, 2.24) is 10.2 Å². The molecule has 0 radical (unpaired) electrons. The van der Waals surface area contributed by atoms with Gasteiger partial charge in [-0.1, -0.05) is 25.5 Å². The second-order valence-corrected chi connectivity index (χ2v) is 11.6. The van der Waals surface area contributed by atoms with Gasteiger partial charge in [-0.05, 0) is 56.6 Å². The fraction of sp³-hybridized carbons (Fsp3) is 0.692. The van der Waals surface area contributed by atoms with Crippen molar-refractivity contribution in [2.24, 2.45) is 28.6 Å². The van der Waals surface area contributed by atoms with Crippen molar-refractivity contribution in [3.8, 4) is 0 Å². The largest absolute Gasteiger partial charge is 0.390 e. The lowest BCUT2D eigenvalue weighted by molar-refractivity contribution is -0.242. The van der Waals surface area contributed by atoms with Gasteiger partial charge in [0.1, 0.15) is 12.2 Å². The number of allylic oxidation sites excluding steroid dienone is 4. The van der Waals surface area contributed by atoms with Gasteiger partial charge in [-0.25, -0.2) is 4.39 Å². The number of fused-ring (bicyclic) bond motifs is 5. The zero-order valence-electron chi connectivity index (χ0n) is 21.0. The van der Waals surface area contributed by atoms with Crippen LogP contribution in [-0.2, 0) is 19.1 Å². The summed E-state index contributed by atoms with van der Waals surface area (Å²) < 4.78 is 23.7. The third-order valence-corrected chi connectivity index (χ3v) is 10.2. The molecule has 1 amide bonds. The lowest BCUT2D eigenvalue weighted by Crippen LogP contribution is -2.70. The molecule has 4 N–H and O–H groups in total. The summed E-state index contributed by atoms with van der Waals surface area (Å²) in [6.45, 7) is 4.49. The van der Waals surface area contributed by atoms with E-state index in [9.17, 15) is 24.6 Å². The van der Waals surface area contributed by atoms with Crippen LogP contribution in [0.5, 0.6) is 0 Å². The predicted molar refractivity (Wildman–Crippen MR) is 126 cm³/mol. The molecule has 1 saturated heterocycles. The normalized spacial score (nSPS) is 47.8. The van der Waals surface area contributed by atoms with Crippen LogP contribution >= 0.6 is 0 Å². The molecule has 0 spiro atoms. The van der Waals surface area contributed by atoms with Crippen molar-refractivity contribution in [3.05, 3.63) is 23.8 Å². The van der Waals surface area contributed by atoms with Gasteiger partial charge in [-0.15, -0.1) is 0 Å². The number of rotatable bonds is 4. The van der Waals surface area contributed by atoms with Crippen LogP contribution in [-0.4, -0.2) is 75.8 Å². The monoisotopic (exact) mass is 503 g/mol. The van der Waals surface area contributed by atoms with E-state index in [-0.39, 0.29) is 18.2 Å². The van der Waals surface area contributed by atoms with Crippen molar-refractivity contribution in [2.45, 2.75) is 70.1 Å². The zero-order chi connectivity index (χ0) is 26.4. The van der Waals surface area contributed by atoms with E-state index >= 15 is 4.39 Å². The van der Waals surface area contributed by atoms with Gasteiger partial charge < -0.3 is 19.8 Å². The number of hydrogen-bond acceptors (Lipinski definition) is 7. The van der Waals surface area contributed by atoms with E-state index < -0.39 is 70.5 Å². The van der Waals surface area contributed by atoms with Gasteiger partial charge in [0, 0.05) is 23.8 Å². The highest BCUT2D eigenvalue weighted by molar-refractivity contribution is 6.04. The molecule has 4 fully saturated rings. The quantitative estimate of drug-likeness (QED) is 0.453. The van der Waals surface area contributed by atoms with E-state index in [4.69, 9.17) is 10.1 Å². The van der Waals surface area contributed by atoms with Crippen LogP contribution < -0.4 is 5.32 Å². The summed E-state index contributed by atoms with van der Waals surface area (Å²) >= 11 is 0. The SMILES string of the molecule is C[C@@H]1C[C@H]2[C@@H]3CCC4=CC(=O)C=C[C@]4(C)[C@@]3(F)[C@@H](O)C[C@]2(C)[C@@]1(OC1C(=O)NC(=N)N1C)C(=O)CO. The number of alkyl halides is 1. The van der Waals surface area contributed by atoms with Crippen molar-refractivity contribution >= 4 is 23.4 Å². The van der Waals surface area contributed by atoms with E-state index in [0.29, 0.717) is 24.8 Å². The molecule has 4 aliphatic carbocycles. The molecule has 9 nitrogen and oxygen atoms in total. The van der Waals surface area contributed by atoms with E-state index in [1.807, 2.05) is 0 Å². The fourth-order valence-corrected chi connectivity index (χ4v) is 8.43. The van der Waals surface area contributed by atoms with E-state index in [2.05, 4.69) is 5.32 Å². The molecule has 3 saturated carbocycles. The van der Waals surface area contributed by atoms with Gasteiger partial charge in [0.2, 0.25) is 6.23 Å². The topological polar surface area (TPSA) is 140 Å². The number of nitrogens with one attached hydrogen (secondary N) is 2. The van der Waals surface area contributed by atoms with E-state index in [0.717, 1.165) is 0 Å². The lowest BCUT2D eigenvalue weighted by Gasteiger charge is -2.63. The second kappa shape index (κ2) is 7.79. The highest BCUT2D eigenvalue weighted by atomic mass is 19.1. The van der Waals surface area contributed by atoms with Gasteiger partial charge >= 0.3 is 0 Å². The summed E-state index contributed by atoms with van der Waals surface area (Å²) in [5.41, 5.74) is -5.34. The molecular weight excluding hydrogens is 469 g/mol. The molecule has 0 bridgehead atoms. The van der Waals surface area contributed by atoms with Gasteiger partial charge in [-0.2, -0.15) is 0 Å². The highest BCUT2D eigenvalue weighted by Crippen LogP contribution is 2.71. The molecule has 10 heteroatoms. The van der Waals surface area contributed by atoms with Gasteiger partial charge in [0.25, 0.3) is 5.91 Å². The van der Waals surface area contributed by atoms with Crippen LogP contribution in [0.1, 0.15) is 46.5 Å². The third kappa shape index (κ3) is 2.80. The first kappa shape index (κ1) is 25.2. The first-order chi connectivity index (χ1) is 16.8. The molecule has 0 aromatic carbocycles. The molecule has 1 aliphatic heterocycles.